The zero-order valence-electron chi connectivity index (χ0n) is 22.4. The molecule has 2 heterocycles. The van der Waals surface area contributed by atoms with Gasteiger partial charge < -0.3 is 4.57 Å². The maximum atomic E-state index is 10.0. The summed E-state index contributed by atoms with van der Waals surface area (Å²) in [4.78, 5) is 3.84. The van der Waals surface area contributed by atoms with Gasteiger partial charge in [-0.15, -0.1) is 11.3 Å². The summed E-state index contributed by atoms with van der Waals surface area (Å²) in [7, 11) is 0. The molecule has 2 aromatic heterocycles. The van der Waals surface area contributed by atoms with Gasteiger partial charge in [0.2, 0.25) is 0 Å². The van der Waals surface area contributed by atoms with Crippen molar-refractivity contribution < 1.29 is 0 Å². The fourth-order valence-electron chi connectivity index (χ4n) is 6.09. The van der Waals surface area contributed by atoms with E-state index in [2.05, 4.69) is 106 Å². The van der Waals surface area contributed by atoms with Gasteiger partial charge in [-0.2, -0.15) is 5.26 Å². The number of nitrogens with zero attached hydrogens (tertiary/aromatic N) is 3. The summed E-state index contributed by atoms with van der Waals surface area (Å²) in [6.07, 6.45) is 0. The van der Waals surface area contributed by atoms with Crippen LogP contribution in [0.15, 0.2) is 127 Å². The molecule has 8 rings (SSSR count). The molecule has 0 radical (unpaired) electrons. The molecule has 4 heteroatoms. The van der Waals surface area contributed by atoms with Crippen molar-refractivity contribution in [2.75, 3.05) is 0 Å². The molecular formula is C38H21N3S. The third-order valence-corrected chi connectivity index (χ3v) is 9.13. The van der Waals surface area contributed by atoms with Crippen LogP contribution in [-0.4, -0.2) is 4.57 Å². The molecule has 42 heavy (non-hydrogen) atoms. The van der Waals surface area contributed by atoms with E-state index >= 15 is 0 Å². The van der Waals surface area contributed by atoms with E-state index in [1.165, 1.54) is 30.9 Å². The molecule has 0 saturated heterocycles. The normalized spacial score (nSPS) is 11.3. The highest BCUT2D eigenvalue weighted by Crippen LogP contribution is 2.39. The number of hydrogen-bond donors (Lipinski definition) is 0. The summed E-state index contributed by atoms with van der Waals surface area (Å²) in [6, 6.07) is 46.1. The van der Waals surface area contributed by atoms with Crippen LogP contribution in [0.25, 0.3) is 74.8 Å². The first-order chi connectivity index (χ1) is 20.7. The van der Waals surface area contributed by atoms with Gasteiger partial charge in [-0.05, 0) is 89.0 Å². The first kappa shape index (κ1) is 24.1. The largest absolute Gasteiger partial charge is 0.310 e. The summed E-state index contributed by atoms with van der Waals surface area (Å²) in [5.74, 6) is 0. The van der Waals surface area contributed by atoms with Crippen molar-refractivity contribution in [3.05, 3.63) is 144 Å². The highest BCUT2D eigenvalue weighted by Gasteiger charge is 2.15. The van der Waals surface area contributed by atoms with Gasteiger partial charge in [0.25, 0.3) is 0 Å². The first-order valence-electron chi connectivity index (χ1n) is 13.7. The van der Waals surface area contributed by atoms with Crippen molar-refractivity contribution in [3.63, 3.8) is 0 Å². The van der Waals surface area contributed by atoms with Gasteiger partial charge in [0, 0.05) is 36.6 Å². The van der Waals surface area contributed by atoms with E-state index in [9.17, 15) is 5.26 Å². The number of benzene rings is 6. The van der Waals surface area contributed by atoms with Crippen LogP contribution in [0.3, 0.4) is 0 Å². The van der Waals surface area contributed by atoms with Crippen molar-refractivity contribution in [3.8, 4) is 34.0 Å². The van der Waals surface area contributed by atoms with E-state index in [-0.39, 0.29) is 0 Å². The van der Waals surface area contributed by atoms with Crippen molar-refractivity contribution >= 4 is 59.0 Å². The topological polar surface area (TPSA) is 33.1 Å². The lowest BCUT2D eigenvalue weighted by Gasteiger charge is -2.13. The van der Waals surface area contributed by atoms with Crippen molar-refractivity contribution in [1.29, 1.82) is 5.26 Å². The molecule has 0 aliphatic carbocycles. The van der Waals surface area contributed by atoms with Gasteiger partial charge >= 0.3 is 0 Å². The molecular weight excluding hydrogens is 531 g/mol. The Balaban J connectivity index is 1.33. The maximum Gasteiger partial charge on any atom is 0.189 e. The number of fused-ring (bicyclic) bond motifs is 6. The highest BCUT2D eigenvalue weighted by molar-refractivity contribution is 7.25. The molecule has 0 atom stereocenters. The van der Waals surface area contributed by atoms with E-state index in [0.29, 0.717) is 11.3 Å². The van der Waals surface area contributed by atoms with E-state index in [4.69, 9.17) is 6.57 Å². The molecule has 0 bridgehead atoms. The van der Waals surface area contributed by atoms with Gasteiger partial charge in [0.1, 0.15) is 0 Å². The monoisotopic (exact) mass is 551 g/mol. The Morgan fingerprint density at radius 1 is 0.571 bits per heavy atom. The van der Waals surface area contributed by atoms with Gasteiger partial charge in [-0.3, -0.25) is 0 Å². The second kappa shape index (κ2) is 9.46. The fourth-order valence-corrected chi connectivity index (χ4v) is 7.17. The molecule has 0 amide bonds. The zero-order valence-corrected chi connectivity index (χ0v) is 23.2. The molecule has 0 aliphatic rings. The fraction of sp³-hybridized carbons (Fsp3) is 0. The van der Waals surface area contributed by atoms with Crippen LogP contribution in [0, 0.1) is 17.9 Å². The minimum absolute atomic E-state index is 0.555. The summed E-state index contributed by atoms with van der Waals surface area (Å²) in [5, 5.41) is 14.8. The maximum absolute atomic E-state index is 10.0. The molecule has 0 N–H and O–H groups in total. The minimum atomic E-state index is 0.555. The van der Waals surface area contributed by atoms with E-state index < -0.39 is 0 Å². The van der Waals surface area contributed by atoms with Crippen molar-refractivity contribution in [2.24, 2.45) is 0 Å². The SMILES string of the molecule is [C-]#[N+]c1cc(-c2cc(C#N)cc(-c3ccc4sc5ccccc5c4c3)c2)cc(-n2c3ccccc3c3ccccc32)c1. The predicted molar refractivity (Wildman–Crippen MR) is 176 cm³/mol. The second-order valence-corrected chi connectivity index (χ2v) is 11.5. The Labute approximate surface area is 246 Å². The number of thiophene rings is 1. The van der Waals surface area contributed by atoms with Crippen LogP contribution in [0.1, 0.15) is 5.56 Å². The van der Waals surface area contributed by atoms with Crippen LogP contribution in [-0.2, 0) is 0 Å². The number of hydrogen-bond acceptors (Lipinski definition) is 2. The average molecular weight is 552 g/mol. The zero-order chi connectivity index (χ0) is 28.2. The third kappa shape index (κ3) is 3.79. The summed E-state index contributed by atoms with van der Waals surface area (Å²) < 4.78 is 4.75. The molecule has 6 aromatic carbocycles. The Bertz CT molecular complexity index is 2390. The van der Waals surface area contributed by atoms with E-state index in [1.54, 1.807) is 11.3 Å². The standard InChI is InChI=1S/C38H21N3S/c1-40-29-19-28(20-30(22-29)41-35-11-5-2-8-31(35)32-9-3-6-12-36(32)41)27-17-24(23-39)16-26(18-27)25-14-15-38-34(21-25)33-10-4-7-13-37(33)42-38/h2-22H. The van der Waals surface area contributed by atoms with E-state index in [0.717, 1.165) is 39.0 Å². The van der Waals surface area contributed by atoms with Gasteiger partial charge in [0.15, 0.2) is 5.69 Å². The number of nitriles is 1. The molecule has 0 aliphatic heterocycles. The quantitative estimate of drug-likeness (QED) is 0.201. The third-order valence-electron chi connectivity index (χ3n) is 7.98. The summed E-state index contributed by atoms with van der Waals surface area (Å²) in [6.45, 7) is 7.90. The Kier molecular flexibility index (Phi) is 5.44. The molecule has 194 valence electrons. The van der Waals surface area contributed by atoms with Crippen LogP contribution >= 0.6 is 11.3 Å². The molecule has 0 saturated carbocycles. The van der Waals surface area contributed by atoms with Crippen LogP contribution in [0.5, 0.6) is 0 Å². The second-order valence-electron chi connectivity index (χ2n) is 10.4. The first-order valence-corrected chi connectivity index (χ1v) is 14.5. The van der Waals surface area contributed by atoms with Crippen molar-refractivity contribution in [2.45, 2.75) is 0 Å². The Hall–Kier alpha value is -5.68. The summed E-state index contributed by atoms with van der Waals surface area (Å²) >= 11 is 1.80. The number of aromatic nitrogens is 1. The number of rotatable bonds is 3. The Morgan fingerprint density at radius 2 is 1.19 bits per heavy atom. The minimum Gasteiger partial charge on any atom is -0.310 e. The predicted octanol–water partition coefficient (Wildman–Crippen LogP) is 10.9. The highest BCUT2D eigenvalue weighted by atomic mass is 32.1. The molecule has 0 fully saturated rings. The van der Waals surface area contributed by atoms with Crippen LogP contribution in [0.2, 0.25) is 0 Å². The van der Waals surface area contributed by atoms with E-state index in [1.807, 2.05) is 36.4 Å². The lowest BCUT2D eigenvalue weighted by Crippen LogP contribution is -1.94. The smallest absolute Gasteiger partial charge is 0.189 e. The van der Waals surface area contributed by atoms with Crippen LogP contribution < -0.4 is 0 Å². The van der Waals surface area contributed by atoms with Crippen molar-refractivity contribution in [1.82, 2.24) is 4.57 Å². The van der Waals surface area contributed by atoms with Gasteiger partial charge in [-0.25, -0.2) is 4.85 Å². The molecule has 3 nitrogen and oxygen atoms in total. The molecule has 8 aromatic rings. The Morgan fingerprint density at radius 3 is 1.90 bits per heavy atom. The van der Waals surface area contributed by atoms with Gasteiger partial charge in [-0.1, -0.05) is 60.7 Å². The van der Waals surface area contributed by atoms with Crippen LogP contribution in [0.4, 0.5) is 5.69 Å². The summed E-state index contributed by atoms with van der Waals surface area (Å²) in [5.41, 5.74) is 8.10. The molecule has 0 spiro atoms. The lowest BCUT2D eigenvalue weighted by molar-refractivity contribution is 1.18. The van der Waals surface area contributed by atoms with Gasteiger partial charge in [0.05, 0.1) is 29.2 Å². The average Bonchev–Trinajstić information content (AvgIpc) is 3.59. The number of para-hydroxylation sites is 2. The lowest BCUT2D eigenvalue weighted by atomic mass is 9.95. The molecule has 0 unspecified atom stereocenters.